The van der Waals surface area contributed by atoms with Gasteiger partial charge in [0.2, 0.25) is 11.8 Å². The van der Waals surface area contributed by atoms with Gasteiger partial charge in [-0.2, -0.15) is 0 Å². The van der Waals surface area contributed by atoms with Crippen LogP contribution in [-0.2, 0) is 14.4 Å². The Hall–Kier alpha value is -2.37. The Bertz CT molecular complexity index is 657. The Kier molecular flexibility index (Phi) is 3.39. The molecule has 0 radical (unpaired) electrons. The highest BCUT2D eigenvalue weighted by atomic mass is 16.4. The monoisotopic (exact) mass is 302 g/mol. The molecule has 6 heteroatoms. The molecule has 2 aliphatic heterocycles. The Labute approximate surface area is 128 Å². The first kappa shape index (κ1) is 14.6. The van der Waals surface area contributed by atoms with Crippen molar-refractivity contribution in [2.45, 2.75) is 25.7 Å². The number of rotatable bonds is 2. The van der Waals surface area contributed by atoms with E-state index in [0.717, 1.165) is 5.56 Å². The smallest absolute Gasteiger partial charge is 0.311 e. The van der Waals surface area contributed by atoms with Crippen molar-refractivity contribution in [2.75, 3.05) is 18.4 Å². The van der Waals surface area contributed by atoms with Gasteiger partial charge in [-0.3, -0.25) is 14.4 Å². The lowest BCUT2D eigenvalue weighted by Gasteiger charge is -2.29. The van der Waals surface area contributed by atoms with E-state index in [0.29, 0.717) is 18.7 Å². The number of aliphatic carboxylic acids is 1. The van der Waals surface area contributed by atoms with Crippen molar-refractivity contribution in [3.05, 3.63) is 29.8 Å². The van der Waals surface area contributed by atoms with Crippen molar-refractivity contribution in [3.63, 3.8) is 0 Å². The fourth-order valence-corrected chi connectivity index (χ4v) is 3.18. The number of anilines is 1. The molecule has 0 bridgehead atoms. The van der Waals surface area contributed by atoms with Gasteiger partial charge in [0.25, 0.3) is 0 Å². The summed E-state index contributed by atoms with van der Waals surface area (Å²) in [4.78, 5) is 37.5. The summed E-state index contributed by atoms with van der Waals surface area (Å²) in [5.41, 5.74) is 0.569. The molecular formula is C16H18N2O4. The summed E-state index contributed by atoms with van der Waals surface area (Å²) >= 11 is 0. The Balaban J connectivity index is 1.85. The number of carbonyl (C=O) groups is 3. The molecule has 0 aromatic heterocycles. The van der Waals surface area contributed by atoms with Crippen molar-refractivity contribution in [1.82, 2.24) is 4.90 Å². The van der Waals surface area contributed by atoms with Crippen LogP contribution in [-0.4, -0.2) is 40.9 Å². The third kappa shape index (κ3) is 2.34. The molecule has 0 aliphatic carbocycles. The molecule has 2 aliphatic rings. The van der Waals surface area contributed by atoms with Crippen LogP contribution in [0.3, 0.4) is 0 Å². The molecule has 2 N–H and O–H groups in total. The van der Waals surface area contributed by atoms with Crippen molar-refractivity contribution in [3.8, 4) is 0 Å². The number of amides is 2. The zero-order valence-electron chi connectivity index (χ0n) is 12.3. The van der Waals surface area contributed by atoms with E-state index in [9.17, 15) is 19.5 Å². The topological polar surface area (TPSA) is 86.7 Å². The standard InChI is InChI=1S/C16H18N2O4/c1-16(15(21)22)6-7-18(9-16)14(20)11-8-13(19)17-12-5-3-2-4-10(11)12/h2-5,11H,6-9H2,1H3,(H,17,19)(H,21,22)/t11-,16-/m1/s1. The van der Waals surface area contributed by atoms with E-state index in [1.807, 2.05) is 18.2 Å². The minimum absolute atomic E-state index is 0.107. The molecule has 3 rings (SSSR count). The first-order chi connectivity index (χ1) is 10.4. The Morgan fingerprint density at radius 1 is 1.36 bits per heavy atom. The normalized spacial score (nSPS) is 27.2. The number of para-hydroxylation sites is 1. The third-order valence-corrected chi connectivity index (χ3v) is 4.60. The maximum atomic E-state index is 12.8. The van der Waals surface area contributed by atoms with Gasteiger partial charge in [0.1, 0.15) is 0 Å². The van der Waals surface area contributed by atoms with Gasteiger partial charge >= 0.3 is 5.97 Å². The lowest BCUT2D eigenvalue weighted by molar-refractivity contribution is -0.147. The Morgan fingerprint density at radius 3 is 2.77 bits per heavy atom. The summed E-state index contributed by atoms with van der Waals surface area (Å²) in [5, 5.41) is 12.0. The summed E-state index contributed by atoms with van der Waals surface area (Å²) < 4.78 is 0. The van der Waals surface area contributed by atoms with E-state index < -0.39 is 17.3 Å². The van der Waals surface area contributed by atoms with E-state index in [1.54, 1.807) is 17.9 Å². The molecule has 1 aromatic carbocycles. The number of carboxylic acids is 1. The molecule has 22 heavy (non-hydrogen) atoms. The van der Waals surface area contributed by atoms with Crippen LogP contribution in [0, 0.1) is 5.41 Å². The van der Waals surface area contributed by atoms with Crippen LogP contribution in [0.4, 0.5) is 5.69 Å². The van der Waals surface area contributed by atoms with Crippen molar-refractivity contribution < 1.29 is 19.5 Å². The highest BCUT2D eigenvalue weighted by molar-refractivity contribution is 6.01. The first-order valence-electron chi connectivity index (χ1n) is 7.32. The van der Waals surface area contributed by atoms with Gasteiger partial charge in [-0.05, 0) is 25.0 Å². The van der Waals surface area contributed by atoms with Crippen molar-refractivity contribution in [2.24, 2.45) is 5.41 Å². The second-order valence-corrected chi connectivity index (χ2v) is 6.27. The van der Waals surface area contributed by atoms with Gasteiger partial charge < -0.3 is 15.3 Å². The number of nitrogens with zero attached hydrogens (tertiary/aromatic N) is 1. The van der Waals surface area contributed by atoms with Crippen LogP contribution in [0.1, 0.15) is 31.2 Å². The molecule has 2 amide bonds. The molecular weight excluding hydrogens is 284 g/mol. The molecule has 2 atom stereocenters. The van der Waals surface area contributed by atoms with Crippen LogP contribution in [0.15, 0.2) is 24.3 Å². The largest absolute Gasteiger partial charge is 0.481 e. The number of hydrogen-bond donors (Lipinski definition) is 2. The minimum Gasteiger partial charge on any atom is -0.481 e. The van der Waals surface area contributed by atoms with Crippen molar-refractivity contribution >= 4 is 23.5 Å². The molecule has 0 unspecified atom stereocenters. The summed E-state index contributed by atoms with van der Waals surface area (Å²) in [5.74, 6) is -1.75. The van der Waals surface area contributed by atoms with Crippen LogP contribution >= 0.6 is 0 Å². The van der Waals surface area contributed by atoms with Crippen LogP contribution in [0.25, 0.3) is 0 Å². The quantitative estimate of drug-likeness (QED) is 0.865. The van der Waals surface area contributed by atoms with Crippen molar-refractivity contribution in [1.29, 1.82) is 0 Å². The molecule has 0 spiro atoms. The number of likely N-dealkylation sites (tertiary alicyclic amines) is 1. The molecule has 0 saturated carbocycles. The van der Waals surface area contributed by atoms with E-state index in [2.05, 4.69) is 5.32 Å². The van der Waals surface area contributed by atoms with Crippen LogP contribution in [0.5, 0.6) is 0 Å². The fraction of sp³-hybridized carbons (Fsp3) is 0.438. The molecule has 2 heterocycles. The van der Waals surface area contributed by atoms with Gasteiger partial charge in [0.05, 0.1) is 11.3 Å². The highest BCUT2D eigenvalue weighted by Crippen LogP contribution is 2.37. The van der Waals surface area contributed by atoms with Crippen LogP contribution in [0.2, 0.25) is 0 Å². The minimum atomic E-state index is -0.897. The van der Waals surface area contributed by atoms with E-state index in [4.69, 9.17) is 0 Å². The highest BCUT2D eigenvalue weighted by Gasteiger charge is 2.44. The SMILES string of the molecule is C[C@@]1(C(=O)O)CCN(C(=O)[C@@H]2CC(=O)Nc3ccccc32)C1. The van der Waals surface area contributed by atoms with Gasteiger partial charge in [0, 0.05) is 25.2 Å². The maximum Gasteiger partial charge on any atom is 0.311 e. The summed E-state index contributed by atoms with van der Waals surface area (Å²) in [6.07, 6.45) is 0.546. The van der Waals surface area contributed by atoms with Gasteiger partial charge in [0.15, 0.2) is 0 Å². The lowest BCUT2D eigenvalue weighted by Crippen LogP contribution is -2.39. The average Bonchev–Trinajstić information content (AvgIpc) is 2.89. The maximum absolute atomic E-state index is 12.8. The number of carboxylic acid groups (broad SMARTS) is 1. The molecule has 116 valence electrons. The molecule has 1 aromatic rings. The van der Waals surface area contributed by atoms with Gasteiger partial charge in [-0.15, -0.1) is 0 Å². The summed E-state index contributed by atoms with van der Waals surface area (Å²) in [7, 11) is 0. The predicted molar refractivity (Wildman–Crippen MR) is 79.4 cm³/mol. The molecule has 1 saturated heterocycles. The number of hydrogen-bond acceptors (Lipinski definition) is 3. The van der Waals surface area contributed by atoms with E-state index in [-0.39, 0.29) is 24.8 Å². The molecule has 1 fully saturated rings. The second kappa shape index (κ2) is 5.12. The van der Waals surface area contributed by atoms with Crippen LogP contribution < -0.4 is 5.32 Å². The second-order valence-electron chi connectivity index (χ2n) is 6.27. The summed E-state index contributed by atoms with van der Waals surface area (Å²) in [6.45, 7) is 2.27. The van der Waals surface area contributed by atoms with Gasteiger partial charge in [-0.25, -0.2) is 0 Å². The predicted octanol–water partition coefficient (Wildman–Crippen LogP) is 1.44. The molecule has 6 nitrogen and oxygen atoms in total. The zero-order valence-corrected chi connectivity index (χ0v) is 12.3. The number of fused-ring (bicyclic) bond motifs is 1. The zero-order chi connectivity index (χ0) is 15.9. The first-order valence-corrected chi connectivity index (χ1v) is 7.32. The lowest BCUT2D eigenvalue weighted by atomic mass is 9.88. The van der Waals surface area contributed by atoms with E-state index in [1.165, 1.54) is 0 Å². The Morgan fingerprint density at radius 2 is 2.09 bits per heavy atom. The van der Waals surface area contributed by atoms with E-state index >= 15 is 0 Å². The summed E-state index contributed by atoms with van der Waals surface area (Å²) in [6, 6.07) is 7.26. The van der Waals surface area contributed by atoms with Gasteiger partial charge in [-0.1, -0.05) is 18.2 Å². The average molecular weight is 302 g/mol. The number of carbonyl (C=O) groups excluding carboxylic acids is 2. The number of nitrogens with one attached hydrogen (secondary N) is 1. The fourth-order valence-electron chi connectivity index (χ4n) is 3.18. The third-order valence-electron chi connectivity index (χ3n) is 4.60. The number of benzene rings is 1.